The van der Waals surface area contributed by atoms with Crippen molar-refractivity contribution in [1.29, 1.82) is 0 Å². The largest absolute Gasteiger partial charge is 0.444 e. The molecular weight excluding hydrogens is 374 g/mol. The first-order valence-electron chi connectivity index (χ1n) is 8.53. The van der Waals surface area contributed by atoms with Crippen molar-refractivity contribution in [2.75, 3.05) is 6.54 Å². The number of halogens is 1. The first-order chi connectivity index (χ1) is 12.3. The van der Waals surface area contributed by atoms with Crippen LogP contribution in [0.3, 0.4) is 0 Å². The molecule has 1 atom stereocenters. The number of ether oxygens (including phenoxy) is 1. The quantitative estimate of drug-likeness (QED) is 0.672. The second-order valence-electron chi connectivity index (χ2n) is 7.12. The molecule has 8 heteroatoms. The van der Waals surface area contributed by atoms with E-state index in [1.807, 2.05) is 45.0 Å². The molecule has 1 fully saturated rings. The van der Waals surface area contributed by atoms with Crippen LogP contribution >= 0.6 is 23.4 Å². The van der Waals surface area contributed by atoms with Gasteiger partial charge in [-0.25, -0.2) is 4.79 Å². The molecule has 2 aromatic rings. The third-order valence-electron chi connectivity index (χ3n) is 3.90. The molecule has 26 heavy (non-hydrogen) atoms. The highest BCUT2D eigenvalue weighted by molar-refractivity contribution is 7.98. The first kappa shape index (κ1) is 19.0. The number of hydrogen-bond acceptors (Lipinski definition) is 6. The molecule has 1 amide bonds. The summed E-state index contributed by atoms with van der Waals surface area (Å²) in [5.74, 6) is 1.09. The van der Waals surface area contributed by atoms with Gasteiger partial charge < -0.3 is 9.15 Å². The average Bonchev–Trinajstić information content (AvgIpc) is 3.21. The molecule has 0 unspecified atom stereocenters. The van der Waals surface area contributed by atoms with Crippen LogP contribution in [0.4, 0.5) is 4.79 Å². The Morgan fingerprint density at radius 1 is 1.38 bits per heavy atom. The summed E-state index contributed by atoms with van der Waals surface area (Å²) in [4.78, 5) is 14.1. The van der Waals surface area contributed by atoms with Crippen molar-refractivity contribution < 1.29 is 13.9 Å². The van der Waals surface area contributed by atoms with E-state index in [-0.39, 0.29) is 12.1 Å². The van der Waals surface area contributed by atoms with Crippen molar-refractivity contribution in [3.63, 3.8) is 0 Å². The molecule has 0 saturated carbocycles. The fraction of sp³-hybridized carbons (Fsp3) is 0.500. The van der Waals surface area contributed by atoms with E-state index in [2.05, 4.69) is 10.2 Å². The minimum Gasteiger partial charge on any atom is -0.444 e. The highest BCUT2D eigenvalue weighted by atomic mass is 35.5. The van der Waals surface area contributed by atoms with Gasteiger partial charge in [0.1, 0.15) is 11.6 Å². The van der Waals surface area contributed by atoms with Crippen LogP contribution in [-0.4, -0.2) is 33.3 Å². The number of carbonyl (C=O) groups excluding carboxylic acids is 1. The zero-order valence-corrected chi connectivity index (χ0v) is 16.6. The molecule has 6 nitrogen and oxygen atoms in total. The van der Waals surface area contributed by atoms with Gasteiger partial charge in [-0.3, -0.25) is 4.90 Å². The number of nitrogens with zero attached hydrogens (tertiary/aromatic N) is 3. The van der Waals surface area contributed by atoms with Crippen molar-refractivity contribution in [2.24, 2.45) is 0 Å². The normalized spacial score (nSPS) is 17.5. The zero-order chi connectivity index (χ0) is 18.7. The van der Waals surface area contributed by atoms with Crippen molar-refractivity contribution in [3.05, 3.63) is 40.7 Å². The molecule has 140 valence electrons. The Kier molecular flexibility index (Phi) is 5.77. The monoisotopic (exact) mass is 395 g/mol. The van der Waals surface area contributed by atoms with Crippen LogP contribution in [0.25, 0.3) is 0 Å². The molecule has 0 N–H and O–H groups in total. The summed E-state index contributed by atoms with van der Waals surface area (Å²) < 4.78 is 11.3. The highest BCUT2D eigenvalue weighted by Crippen LogP contribution is 2.34. The lowest BCUT2D eigenvalue weighted by Gasteiger charge is -2.27. The molecule has 3 rings (SSSR count). The van der Waals surface area contributed by atoms with E-state index < -0.39 is 5.60 Å². The van der Waals surface area contributed by atoms with E-state index in [9.17, 15) is 4.79 Å². The summed E-state index contributed by atoms with van der Waals surface area (Å²) in [6, 6.07) is 7.43. The van der Waals surface area contributed by atoms with E-state index >= 15 is 0 Å². The molecule has 0 radical (unpaired) electrons. The average molecular weight is 396 g/mol. The Bertz CT molecular complexity index is 775. The molecule has 1 aliphatic heterocycles. The number of hydrogen-bond donors (Lipinski definition) is 0. The molecule has 1 aliphatic rings. The fourth-order valence-corrected chi connectivity index (χ4v) is 3.79. The number of aromatic nitrogens is 2. The van der Waals surface area contributed by atoms with Gasteiger partial charge >= 0.3 is 6.09 Å². The lowest BCUT2D eigenvalue weighted by molar-refractivity contribution is 0.0201. The highest BCUT2D eigenvalue weighted by Gasteiger charge is 2.36. The van der Waals surface area contributed by atoms with Crippen LogP contribution in [0.1, 0.15) is 51.1 Å². The predicted molar refractivity (Wildman–Crippen MR) is 100 cm³/mol. The third kappa shape index (κ3) is 4.71. The molecule has 1 aromatic heterocycles. The van der Waals surface area contributed by atoms with Gasteiger partial charge in [0.05, 0.1) is 0 Å². The summed E-state index contributed by atoms with van der Waals surface area (Å²) >= 11 is 7.60. The molecule has 1 aromatic carbocycles. The van der Waals surface area contributed by atoms with Gasteiger partial charge in [0.2, 0.25) is 5.89 Å². The van der Waals surface area contributed by atoms with Crippen LogP contribution in [0, 0.1) is 0 Å². The number of thioether (sulfide) groups is 1. The Morgan fingerprint density at radius 3 is 2.88 bits per heavy atom. The zero-order valence-electron chi connectivity index (χ0n) is 15.1. The summed E-state index contributed by atoms with van der Waals surface area (Å²) in [6.45, 7) is 6.19. The summed E-state index contributed by atoms with van der Waals surface area (Å²) in [5, 5.41) is 9.42. The van der Waals surface area contributed by atoms with E-state index in [4.69, 9.17) is 20.8 Å². The van der Waals surface area contributed by atoms with Crippen LogP contribution in [0.15, 0.2) is 33.9 Å². The lowest BCUT2D eigenvalue weighted by atomic mass is 10.2. The first-order valence-corrected chi connectivity index (χ1v) is 9.89. The van der Waals surface area contributed by atoms with Gasteiger partial charge in [-0.2, -0.15) is 0 Å². The molecule has 2 heterocycles. The topological polar surface area (TPSA) is 68.5 Å². The molecule has 1 saturated heterocycles. The van der Waals surface area contributed by atoms with Crippen molar-refractivity contribution in [3.8, 4) is 0 Å². The van der Waals surface area contributed by atoms with Crippen LogP contribution in [0.5, 0.6) is 0 Å². The summed E-state index contributed by atoms with van der Waals surface area (Å²) in [5.41, 5.74) is 0.477. The van der Waals surface area contributed by atoms with Crippen molar-refractivity contribution in [2.45, 2.75) is 56.2 Å². The second kappa shape index (κ2) is 7.88. The number of likely N-dealkylation sites (tertiary alicyclic amines) is 1. The van der Waals surface area contributed by atoms with Crippen LogP contribution < -0.4 is 0 Å². The Labute approximate surface area is 162 Å². The SMILES string of the molecule is CC(C)(C)OC(=O)N1CCC[C@@H]1c1nnc(SCc2ccccc2Cl)o1. The molecular formula is C18H22ClN3O3S. The summed E-state index contributed by atoms with van der Waals surface area (Å²) in [6.07, 6.45) is 1.33. The standard InChI is InChI=1S/C18H22ClN3O3S/c1-18(2,3)25-17(23)22-10-6-9-14(22)15-20-21-16(24-15)26-11-12-7-4-5-8-13(12)19/h4-5,7-8,14H,6,9-11H2,1-3H3/t14-/m1/s1. The maximum Gasteiger partial charge on any atom is 0.410 e. The van der Waals surface area contributed by atoms with Gasteiger partial charge in [-0.15, -0.1) is 10.2 Å². The van der Waals surface area contributed by atoms with Gasteiger partial charge in [0.25, 0.3) is 5.22 Å². The van der Waals surface area contributed by atoms with Gasteiger partial charge in [-0.1, -0.05) is 41.6 Å². The second-order valence-corrected chi connectivity index (χ2v) is 8.45. The Balaban J connectivity index is 1.65. The maximum atomic E-state index is 12.4. The van der Waals surface area contributed by atoms with E-state index in [1.165, 1.54) is 11.8 Å². The van der Waals surface area contributed by atoms with Crippen LogP contribution in [-0.2, 0) is 10.5 Å². The Hall–Kier alpha value is -1.73. The van der Waals surface area contributed by atoms with E-state index in [0.717, 1.165) is 18.4 Å². The van der Waals surface area contributed by atoms with Crippen molar-refractivity contribution in [1.82, 2.24) is 15.1 Å². The molecule has 0 bridgehead atoms. The van der Waals surface area contributed by atoms with E-state index in [1.54, 1.807) is 4.90 Å². The van der Waals surface area contributed by atoms with Gasteiger partial charge in [-0.05, 0) is 45.2 Å². The number of rotatable bonds is 4. The number of carbonyl (C=O) groups is 1. The molecule has 0 spiro atoms. The van der Waals surface area contributed by atoms with E-state index in [0.29, 0.717) is 28.4 Å². The maximum absolute atomic E-state index is 12.4. The van der Waals surface area contributed by atoms with Gasteiger partial charge in [0, 0.05) is 17.3 Å². The van der Waals surface area contributed by atoms with Gasteiger partial charge in [0.15, 0.2) is 0 Å². The smallest absolute Gasteiger partial charge is 0.410 e. The third-order valence-corrected chi connectivity index (χ3v) is 5.13. The Morgan fingerprint density at radius 2 is 2.15 bits per heavy atom. The van der Waals surface area contributed by atoms with Crippen molar-refractivity contribution >= 4 is 29.5 Å². The fourth-order valence-electron chi connectivity index (χ4n) is 2.73. The number of benzene rings is 1. The minimum atomic E-state index is -0.533. The number of amides is 1. The minimum absolute atomic E-state index is 0.230. The van der Waals surface area contributed by atoms with Crippen LogP contribution in [0.2, 0.25) is 5.02 Å². The molecule has 0 aliphatic carbocycles. The summed E-state index contributed by atoms with van der Waals surface area (Å²) in [7, 11) is 0. The lowest BCUT2D eigenvalue weighted by Crippen LogP contribution is -2.36. The predicted octanol–water partition coefficient (Wildman–Crippen LogP) is 5.09.